The lowest BCUT2D eigenvalue weighted by molar-refractivity contribution is -0.983. The number of hydroxylamine groups is 3. The maximum absolute atomic E-state index is 11.5. The molecule has 0 bridgehead atoms. The molecule has 1 atom stereocenters. The van der Waals surface area contributed by atoms with Gasteiger partial charge >= 0.3 is 11.8 Å². The smallest absolute Gasteiger partial charge is 0.303 e. The number of carbonyl (C=O) groups is 4. The zero-order valence-corrected chi connectivity index (χ0v) is 10.2. The summed E-state index contributed by atoms with van der Waals surface area (Å²) in [7, 11) is 0. The van der Waals surface area contributed by atoms with Crippen molar-refractivity contribution in [3.63, 3.8) is 0 Å². The molecule has 0 aromatic carbocycles. The molecule has 1 aliphatic rings. The molecule has 2 amide bonds. The quantitative estimate of drug-likeness (QED) is 0.228. The molecule has 0 aromatic rings. The Morgan fingerprint density at radius 1 is 1.11 bits per heavy atom. The predicted octanol–water partition coefficient (Wildman–Crippen LogP) is 0.756. The van der Waals surface area contributed by atoms with Crippen molar-refractivity contribution in [2.24, 2.45) is 0 Å². The molecular weight excluding hydrogens is 238 g/mol. The number of aldehydes is 2. The highest BCUT2D eigenvalue weighted by Gasteiger charge is 2.55. The monoisotopic (exact) mass is 256 g/mol. The zero-order valence-electron chi connectivity index (χ0n) is 10.2. The fourth-order valence-electron chi connectivity index (χ4n) is 2.16. The summed E-state index contributed by atoms with van der Waals surface area (Å²) in [5.41, 5.74) is 0. The summed E-state index contributed by atoms with van der Waals surface area (Å²) < 4.78 is -1.36. The molecule has 1 saturated heterocycles. The van der Waals surface area contributed by atoms with Crippen LogP contribution in [0.3, 0.4) is 0 Å². The van der Waals surface area contributed by atoms with Crippen LogP contribution in [-0.2, 0) is 19.2 Å². The molecule has 6 heteroatoms. The number of imide groups is 1. The van der Waals surface area contributed by atoms with E-state index in [1.807, 2.05) is 0 Å². The second kappa shape index (κ2) is 6.51. The number of hydrogen-bond acceptors (Lipinski definition) is 5. The van der Waals surface area contributed by atoms with Crippen molar-refractivity contribution in [2.45, 2.75) is 51.0 Å². The van der Waals surface area contributed by atoms with E-state index < -0.39 is 22.5 Å². The summed E-state index contributed by atoms with van der Waals surface area (Å²) in [4.78, 5) is 44.2. The molecule has 1 N–H and O–H groups in total. The van der Waals surface area contributed by atoms with Gasteiger partial charge in [0.2, 0.25) is 0 Å². The van der Waals surface area contributed by atoms with Gasteiger partial charge in [-0.1, -0.05) is 6.42 Å². The van der Waals surface area contributed by atoms with E-state index in [4.69, 9.17) is 0 Å². The zero-order chi connectivity index (χ0) is 13.6. The minimum atomic E-state index is -1.36. The van der Waals surface area contributed by atoms with Crippen LogP contribution in [0.15, 0.2) is 0 Å². The first-order chi connectivity index (χ1) is 8.57. The van der Waals surface area contributed by atoms with Crippen molar-refractivity contribution in [3.8, 4) is 0 Å². The first-order valence-corrected chi connectivity index (χ1v) is 6.14. The van der Waals surface area contributed by atoms with Crippen molar-refractivity contribution in [1.82, 2.24) is 0 Å². The lowest BCUT2D eigenvalue weighted by Crippen LogP contribution is -2.57. The van der Waals surface area contributed by atoms with Crippen LogP contribution in [0.2, 0.25) is 0 Å². The van der Waals surface area contributed by atoms with Crippen molar-refractivity contribution < 1.29 is 29.0 Å². The fraction of sp³-hybridized carbons (Fsp3) is 0.667. The molecule has 1 unspecified atom stereocenters. The standard InChI is InChI=1S/C12H18NO5/c14-8-4-2-1-3-5-10(9-15)13(18)11(16)6-7-12(13)17/h8-10,18H,1-7H2/q+1. The number of hydrogen-bond donors (Lipinski definition) is 1. The minimum Gasteiger partial charge on any atom is -0.303 e. The maximum Gasteiger partial charge on any atom is 0.354 e. The summed E-state index contributed by atoms with van der Waals surface area (Å²) in [6.45, 7) is 0. The number of nitrogens with zero attached hydrogens (tertiary/aromatic N) is 1. The van der Waals surface area contributed by atoms with Crippen molar-refractivity contribution in [1.29, 1.82) is 0 Å². The third-order valence-corrected chi connectivity index (χ3v) is 3.27. The van der Waals surface area contributed by atoms with Gasteiger partial charge in [0.15, 0.2) is 12.3 Å². The maximum atomic E-state index is 11.5. The van der Waals surface area contributed by atoms with Crippen LogP contribution in [0.4, 0.5) is 0 Å². The summed E-state index contributed by atoms with van der Waals surface area (Å²) >= 11 is 0. The number of amides is 2. The van der Waals surface area contributed by atoms with E-state index in [1.165, 1.54) is 0 Å². The molecule has 1 aliphatic heterocycles. The van der Waals surface area contributed by atoms with Crippen LogP contribution < -0.4 is 0 Å². The van der Waals surface area contributed by atoms with Gasteiger partial charge in [-0.3, -0.25) is 4.79 Å². The molecule has 0 aromatic heterocycles. The third-order valence-electron chi connectivity index (χ3n) is 3.27. The van der Waals surface area contributed by atoms with Crippen LogP contribution in [0.1, 0.15) is 44.9 Å². The second-order valence-electron chi connectivity index (χ2n) is 4.48. The van der Waals surface area contributed by atoms with E-state index in [-0.39, 0.29) is 19.3 Å². The molecule has 0 aliphatic carbocycles. The first-order valence-electron chi connectivity index (χ1n) is 6.14. The van der Waals surface area contributed by atoms with E-state index >= 15 is 0 Å². The Bertz CT molecular complexity index is 336. The number of carbonyl (C=O) groups excluding carboxylic acids is 4. The van der Waals surface area contributed by atoms with Gasteiger partial charge in [0.1, 0.15) is 6.29 Å². The van der Waals surface area contributed by atoms with Crippen LogP contribution in [-0.4, -0.2) is 40.3 Å². The van der Waals surface area contributed by atoms with E-state index in [0.29, 0.717) is 25.5 Å². The summed E-state index contributed by atoms with van der Waals surface area (Å²) in [6.07, 6.45) is 4.05. The Morgan fingerprint density at radius 2 is 1.72 bits per heavy atom. The Hall–Kier alpha value is -1.40. The average Bonchev–Trinajstić information content (AvgIpc) is 2.62. The Kier molecular flexibility index (Phi) is 5.30. The molecule has 0 spiro atoms. The van der Waals surface area contributed by atoms with E-state index in [2.05, 4.69) is 0 Å². The highest BCUT2D eigenvalue weighted by atomic mass is 16.6. The van der Waals surface area contributed by atoms with Crippen LogP contribution in [0, 0.1) is 0 Å². The summed E-state index contributed by atoms with van der Waals surface area (Å²) in [6, 6.07) is -1.01. The van der Waals surface area contributed by atoms with Gasteiger partial charge in [0.05, 0.1) is 12.8 Å². The van der Waals surface area contributed by atoms with Crippen LogP contribution >= 0.6 is 0 Å². The molecule has 0 saturated carbocycles. The fourth-order valence-corrected chi connectivity index (χ4v) is 2.16. The molecule has 0 radical (unpaired) electrons. The van der Waals surface area contributed by atoms with Gasteiger partial charge in [0, 0.05) is 12.8 Å². The molecule has 100 valence electrons. The SMILES string of the molecule is O=CCCCCCC(C=O)[N+]1(O)C(=O)CCC1=O. The van der Waals surface area contributed by atoms with Crippen LogP contribution in [0.5, 0.6) is 0 Å². The highest BCUT2D eigenvalue weighted by Crippen LogP contribution is 2.25. The van der Waals surface area contributed by atoms with Crippen molar-refractivity contribution in [2.75, 3.05) is 0 Å². The van der Waals surface area contributed by atoms with E-state index in [1.54, 1.807) is 0 Å². The van der Waals surface area contributed by atoms with Gasteiger partial charge in [-0.15, -0.1) is 0 Å². The summed E-state index contributed by atoms with van der Waals surface area (Å²) in [5.74, 6) is -1.21. The van der Waals surface area contributed by atoms with E-state index in [0.717, 1.165) is 12.7 Å². The largest absolute Gasteiger partial charge is 0.354 e. The van der Waals surface area contributed by atoms with Crippen molar-refractivity contribution >= 4 is 24.4 Å². The minimum absolute atomic E-state index is 0.00911. The molecule has 6 nitrogen and oxygen atoms in total. The summed E-state index contributed by atoms with van der Waals surface area (Å²) in [5, 5.41) is 10.0. The van der Waals surface area contributed by atoms with Gasteiger partial charge in [0.25, 0.3) is 0 Å². The molecule has 1 rings (SSSR count). The van der Waals surface area contributed by atoms with Gasteiger partial charge in [-0.05, 0) is 17.5 Å². The third kappa shape index (κ3) is 2.88. The molecule has 1 fully saturated rings. The predicted molar refractivity (Wildman–Crippen MR) is 60.3 cm³/mol. The molecular formula is C12H18NO5+. The number of rotatable bonds is 8. The first kappa shape index (κ1) is 14.7. The van der Waals surface area contributed by atoms with E-state index in [9.17, 15) is 24.4 Å². The Labute approximate surface area is 105 Å². The topological polar surface area (TPSA) is 88.5 Å². The molecule has 18 heavy (non-hydrogen) atoms. The second-order valence-corrected chi connectivity index (χ2v) is 4.48. The Morgan fingerprint density at radius 3 is 2.22 bits per heavy atom. The lowest BCUT2D eigenvalue weighted by atomic mass is 10.1. The number of unbranched alkanes of at least 4 members (excludes halogenated alkanes) is 3. The average molecular weight is 256 g/mol. The normalized spacial score (nSPS) is 19.8. The van der Waals surface area contributed by atoms with Crippen LogP contribution in [0.25, 0.3) is 0 Å². The van der Waals surface area contributed by atoms with Gasteiger partial charge in [-0.25, -0.2) is 14.8 Å². The van der Waals surface area contributed by atoms with Gasteiger partial charge in [-0.2, -0.15) is 0 Å². The highest BCUT2D eigenvalue weighted by molar-refractivity contribution is 5.92. The Balaban J connectivity index is 2.54. The number of likely N-dealkylation sites (tertiary alicyclic amines) is 1. The van der Waals surface area contributed by atoms with Crippen molar-refractivity contribution in [3.05, 3.63) is 0 Å². The number of quaternary nitrogens is 1. The van der Waals surface area contributed by atoms with Gasteiger partial charge < -0.3 is 4.79 Å². The molecule has 1 heterocycles. The lowest BCUT2D eigenvalue weighted by Gasteiger charge is -2.25.